The molecular formula is C26H31N3O5. The fraction of sp³-hybridized carbons (Fsp3) is 0.462. The minimum absolute atomic E-state index is 0.0717. The molecule has 3 heterocycles. The maximum Gasteiger partial charge on any atom is 0.258 e. The molecule has 2 amide bonds. The van der Waals surface area contributed by atoms with Gasteiger partial charge in [-0.15, -0.1) is 0 Å². The van der Waals surface area contributed by atoms with Gasteiger partial charge in [-0.2, -0.15) is 0 Å². The summed E-state index contributed by atoms with van der Waals surface area (Å²) < 4.78 is 12.3. The summed E-state index contributed by atoms with van der Waals surface area (Å²) in [5.74, 6) is 0.0391. The van der Waals surface area contributed by atoms with Crippen LogP contribution in [0.5, 0.6) is 5.75 Å². The zero-order valence-electron chi connectivity index (χ0n) is 19.1. The lowest BCUT2D eigenvalue weighted by molar-refractivity contribution is -0.134. The van der Waals surface area contributed by atoms with Crippen LogP contribution in [0.15, 0.2) is 48.5 Å². The first kappa shape index (κ1) is 22.8. The van der Waals surface area contributed by atoms with Gasteiger partial charge in [0.15, 0.2) is 0 Å². The quantitative estimate of drug-likeness (QED) is 0.591. The van der Waals surface area contributed by atoms with Gasteiger partial charge in [-0.05, 0) is 36.1 Å². The van der Waals surface area contributed by atoms with Crippen molar-refractivity contribution in [2.24, 2.45) is 0 Å². The summed E-state index contributed by atoms with van der Waals surface area (Å²) in [4.78, 5) is 28.3. The van der Waals surface area contributed by atoms with Gasteiger partial charge in [0.2, 0.25) is 5.91 Å². The van der Waals surface area contributed by atoms with Crippen molar-refractivity contribution in [1.82, 2.24) is 15.5 Å². The highest BCUT2D eigenvalue weighted by Gasteiger charge is 2.36. The molecular weight excluding hydrogens is 434 g/mol. The van der Waals surface area contributed by atoms with Crippen LogP contribution < -0.4 is 15.4 Å². The number of amides is 2. The van der Waals surface area contributed by atoms with Gasteiger partial charge in [-0.3, -0.25) is 9.59 Å². The number of benzene rings is 2. The summed E-state index contributed by atoms with van der Waals surface area (Å²) in [6, 6.07) is 14.9. The van der Waals surface area contributed by atoms with E-state index in [0.717, 1.165) is 17.5 Å². The number of hydrogen-bond acceptors (Lipinski definition) is 6. The second-order valence-corrected chi connectivity index (χ2v) is 9.12. The lowest BCUT2D eigenvalue weighted by Gasteiger charge is -2.37. The van der Waals surface area contributed by atoms with Gasteiger partial charge in [-0.25, -0.2) is 0 Å². The van der Waals surface area contributed by atoms with Crippen LogP contribution in [0.4, 0.5) is 0 Å². The Morgan fingerprint density at radius 1 is 0.971 bits per heavy atom. The zero-order valence-corrected chi connectivity index (χ0v) is 19.1. The maximum absolute atomic E-state index is 13.7. The number of piperazine rings is 1. The van der Waals surface area contributed by atoms with Crippen LogP contribution >= 0.6 is 0 Å². The summed E-state index contributed by atoms with van der Waals surface area (Å²) >= 11 is 0. The van der Waals surface area contributed by atoms with Gasteiger partial charge < -0.3 is 30.1 Å². The Morgan fingerprint density at radius 3 is 2.68 bits per heavy atom. The van der Waals surface area contributed by atoms with E-state index in [-0.39, 0.29) is 24.5 Å². The van der Waals surface area contributed by atoms with E-state index in [0.29, 0.717) is 50.4 Å². The number of hydrogen-bond donors (Lipinski definition) is 3. The molecule has 2 saturated heterocycles. The third kappa shape index (κ3) is 4.80. The number of aliphatic hydroxyl groups is 1. The number of ether oxygens (including phenoxy) is 2. The summed E-state index contributed by atoms with van der Waals surface area (Å²) in [7, 11) is 0. The Bertz CT molecular complexity index is 1030. The largest absolute Gasteiger partial charge is 0.493 e. The zero-order chi connectivity index (χ0) is 23.5. The fourth-order valence-electron chi connectivity index (χ4n) is 4.93. The van der Waals surface area contributed by atoms with Crippen molar-refractivity contribution >= 4 is 11.8 Å². The van der Waals surface area contributed by atoms with Crippen molar-refractivity contribution in [1.29, 1.82) is 0 Å². The Labute approximate surface area is 199 Å². The van der Waals surface area contributed by atoms with E-state index in [1.807, 2.05) is 42.5 Å². The van der Waals surface area contributed by atoms with Gasteiger partial charge in [0.1, 0.15) is 17.9 Å². The number of fused-ring (bicyclic) bond motifs is 4. The van der Waals surface area contributed by atoms with Crippen LogP contribution in [0.1, 0.15) is 29.6 Å². The van der Waals surface area contributed by atoms with Gasteiger partial charge >= 0.3 is 0 Å². The van der Waals surface area contributed by atoms with E-state index in [1.165, 1.54) is 0 Å². The van der Waals surface area contributed by atoms with Gasteiger partial charge in [0.25, 0.3) is 5.91 Å². The number of rotatable bonds is 1. The SMILES string of the molecule is O=C1NC[C@H]2O[C@H](CCOc3cc(-c4ccccc4)ccc3C(=O)N3CCNC[C@@H]13)CC[C@@H]2O. The number of carbonyl (C=O) groups is 2. The van der Waals surface area contributed by atoms with E-state index >= 15 is 0 Å². The monoisotopic (exact) mass is 465 g/mol. The molecule has 2 aromatic carbocycles. The van der Waals surface area contributed by atoms with E-state index in [9.17, 15) is 14.7 Å². The van der Waals surface area contributed by atoms with E-state index in [1.54, 1.807) is 11.0 Å². The van der Waals surface area contributed by atoms with Crippen LogP contribution in [-0.4, -0.2) is 79.0 Å². The van der Waals surface area contributed by atoms with E-state index < -0.39 is 18.2 Å². The Morgan fingerprint density at radius 2 is 1.82 bits per heavy atom. The van der Waals surface area contributed by atoms with E-state index in [2.05, 4.69) is 10.6 Å². The maximum atomic E-state index is 13.7. The highest BCUT2D eigenvalue weighted by molar-refractivity contribution is 6.00. The number of carbonyl (C=O) groups excluding carboxylic acids is 2. The predicted molar refractivity (Wildman–Crippen MR) is 127 cm³/mol. The topological polar surface area (TPSA) is 100 Å². The normalized spacial score (nSPS) is 28.1. The van der Waals surface area contributed by atoms with Crippen LogP contribution in [-0.2, 0) is 9.53 Å². The molecule has 0 saturated carbocycles. The first-order valence-electron chi connectivity index (χ1n) is 12.1. The highest BCUT2D eigenvalue weighted by Crippen LogP contribution is 2.30. The van der Waals surface area contributed by atoms with Crippen LogP contribution in [0.3, 0.4) is 0 Å². The number of nitrogens with zero attached hydrogens (tertiary/aromatic N) is 1. The smallest absolute Gasteiger partial charge is 0.258 e. The Kier molecular flexibility index (Phi) is 6.80. The summed E-state index contributed by atoms with van der Waals surface area (Å²) in [6.07, 6.45) is 0.819. The molecule has 0 aliphatic carbocycles. The average molecular weight is 466 g/mol. The summed E-state index contributed by atoms with van der Waals surface area (Å²) in [5, 5.41) is 16.5. The molecule has 5 rings (SSSR count). The lowest BCUT2D eigenvalue weighted by Crippen LogP contribution is -2.60. The van der Waals surface area contributed by atoms with Crippen LogP contribution in [0.2, 0.25) is 0 Å². The summed E-state index contributed by atoms with van der Waals surface area (Å²) in [6.45, 7) is 2.00. The number of nitrogens with one attached hydrogen (secondary N) is 2. The van der Waals surface area contributed by atoms with Crippen molar-refractivity contribution in [2.75, 3.05) is 32.8 Å². The van der Waals surface area contributed by atoms with Crippen molar-refractivity contribution in [3.63, 3.8) is 0 Å². The number of aliphatic hydroxyl groups excluding tert-OH is 1. The van der Waals surface area contributed by atoms with E-state index in [4.69, 9.17) is 9.47 Å². The third-order valence-corrected chi connectivity index (χ3v) is 6.88. The first-order valence-corrected chi connectivity index (χ1v) is 12.1. The first-order chi connectivity index (χ1) is 16.6. The second-order valence-electron chi connectivity index (χ2n) is 9.12. The molecule has 0 spiro atoms. The standard InChI is InChI=1S/C26H31N3O5/c30-22-9-7-19-10-13-33-23-14-18(17-4-2-1-3-5-17)6-8-20(23)26(32)29-12-11-27-15-21(29)25(31)28-16-24(22)34-19/h1-6,8,14,19,21-22,24,27,30H,7,9-13,15-16H2,(H,28,31)/t19-,21-,22-,24+/m0/s1. The van der Waals surface area contributed by atoms with Crippen LogP contribution in [0.25, 0.3) is 11.1 Å². The Balaban J connectivity index is 1.49. The molecule has 3 N–H and O–H groups in total. The van der Waals surface area contributed by atoms with Crippen molar-refractivity contribution in [2.45, 2.75) is 43.6 Å². The minimum atomic E-state index is -0.651. The van der Waals surface area contributed by atoms with Gasteiger partial charge in [0.05, 0.1) is 24.4 Å². The molecule has 2 aromatic rings. The van der Waals surface area contributed by atoms with Crippen LogP contribution in [0, 0.1) is 0 Å². The molecule has 0 unspecified atom stereocenters. The van der Waals surface area contributed by atoms with Crippen molar-refractivity contribution < 1.29 is 24.2 Å². The molecule has 0 aromatic heterocycles. The molecule has 2 fully saturated rings. The third-order valence-electron chi connectivity index (χ3n) is 6.88. The van der Waals surface area contributed by atoms with Gasteiger partial charge in [0, 0.05) is 32.6 Å². The predicted octanol–water partition coefficient (Wildman–Crippen LogP) is 1.57. The molecule has 8 nitrogen and oxygen atoms in total. The second kappa shape index (κ2) is 10.1. The molecule has 8 heteroatoms. The Hall–Kier alpha value is -2.94. The minimum Gasteiger partial charge on any atom is -0.493 e. The molecule has 4 atom stereocenters. The van der Waals surface area contributed by atoms with Crippen molar-refractivity contribution in [3.8, 4) is 16.9 Å². The lowest BCUT2D eigenvalue weighted by atomic mass is 9.98. The molecule has 180 valence electrons. The summed E-state index contributed by atoms with van der Waals surface area (Å²) in [5.41, 5.74) is 2.45. The molecule has 0 radical (unpaired) electrons. The highest BCUT2D eigenvalue weighted by atomic mass is 16.5. The van der Waals surface area contributed by atoms with Crippen molar-refractivity contribution in [3.05, 3.63) is 54.1 Å². The molecule has 34 heavy (non-hydrogen) atoms. The van der Waals surface area contributed by atoms with Gasteiger partial charge in [-0.1, -0.05) is 36.4 Å². The molecule has 3 aliphatic heterocycles. The average Bonchev–Trinajstić information content (AvgIpc) is 2.88. The fourth-order valence-corrected chi connectivity index (χ4v) is 4.93. The molecule has 3 aliphatic rings. The molecule has 2 bridgehead atoms.